The summed E-state index contributed by atoms with van der Waals surface area (Å²) in [6.07, 6.45) is 0. The molecule has 28 heavy (non-hydrogen) atoms. The molecule has 1 atom stereocenters. The second-order valence-electron chi connectivity index (χ2n) is 6.45. The number of allylic oxidation sites excluding steroid dienone is 1. The minimum absolute atomic E-state index is 0.293. The second-order valence-corrected chi connectivity index (χ2v) is 6.45. The van der Waals surface area contributed by atoms with Crippen molar-refractivity contribution in [2.45, 2.75) is 19.9 Å². The lowest BCUT2D eigenvalue weighted by Gasteiger charge is -2.29. The molecule has 1 aliphatic heterocycles. The van der Waals surface area contributed by atoms with E-state index in [2.05, 4.69) is 16.0 Å². The Balaban J connectivity index is 1.99. The molecule has 7 heteroatoms. The van der Waals surface area contributed by atoms with E-state index in [1.54, 1.807) is 32.2 Å². The number of nitrogens with one attached hydrogen (secondary N) is 3. The van der Waals surface area contributed by atoms with Crippen LogP contribution in [0.1, 0.15) is 24.1 Å². The molecule has 7 nitrogen and oxygen atoms in total. The van der Waals surface area contributed by atoms with Crippen molar-refractivity contribution in [3.05, 3.63) is 64.9 Å². The van der Waals surface area contributed by atoms with E-state index in [1.807, 2.05) is 31.2 Å². The van der Waals surface area contributed by atoms with Gasteiger partial charge in [-0.2, -0.15) is 0 Å². The number of para-hydroxylation sites is 1. The summed E-state index contributed by atoms with van der Waals surface area (Å²) in [5, 5.41) is 8.42. The number of hydrogen-bond acceptors (Lipinski definition) is 4. The standard InChI is InChI=1S/C21H23N3O4/c1-12-7-5-6-8-15(12)23-20(25)18-13(2)22-21(26)24-19(18)14-9-10-16(27-3)17(11-14)28-4/h5-11,19H,1-4H3,(H,23,25)(H2,22,24,26). The summed E-state index contributed by atoms with van der Waals surface area (Å²) in [7, 11) is 3.09. The summed E-state index contributed by atoms with van der Waals surface area (Å²) in [4.78, 5) is 25.2. The van der Waals surface area contributed by atoms with E-state index in [0.29, 0.717) is 28.3 Å². The third kappa shape index (κ3) is 3.78. The zero-order chi connectivity index (χ0) is 20.3. The Kier molecular flexibility index (Phi) is 5.54. The van der Waals surface area contributed by atoms with Crippen LogP contribution in [0.2, 0.25) is 0 Å². The van der Waals surface area contributed by atoms with Gasteiger partial charge in [0.25, 0.3) is 5.91 Å². The van der Waals surface area contributed by atoms with Crippen LogP contribution in [0.25, 0.3) is 0 Å². The van der Waals surface area contributed by atoms with Crippen molar-refractivity contribution >= 4 is 17.6 Å². The Morgan fingerprint density at radius 1 is 1.04 bits per heavy atom. The molecule has 1 aliphatic rings. The number of anilines is 1. The molecule has 0 aliphatic carbocycles. The number of benzene rings is 2. The van der Waals surface area contributed by atoms with E-state index < -0.39 is 6.04 Å². The maximum atomic E-state index is 13.1. The molecule has 0 radical (unpaired) electrons. The Hall–Kier alpha value is -3.48. The molecular formula is C21H23N3O4. The summed E-state index contributed by atoms with van der Waals surface area (Å²) in [6, 6.07) is 11.8. The molecule has 3 rings (SSSR count). The maximum Gasteiger partial charge on any atom is 0.319 e. The zero-order valence-corrected chi connectivity index (χ0v) is 16.3. The first-order valence-corrected chi connectivity index (χ1v) is 8.81. The highest BCUT2D eigenvalue weighted by Crippen LogP contribution is 2.34. The van der Waals surface area contributed by atoms with Crippen molar-refractivity contribution in [2.24, 2.45) is 0 Å². The zero-order valence-electron chi connectivity index (χ0n) is 16.3. The lowest BCUT2D eigenvalue weighted by Crippen LogP contribution is -2.46. The highest BCUT2D eigenvalue weighted by atomic mass is 16.5. The fraction of sp³-hybridized carbons (Fsp3) is 0.238. The van der Waals surface area contributed by atoms with Gasteiger partial charge in [0.15, 0.2) is 11.5 Å². The summed E-state index contributed by atoms with van der Waals surface area (Å²) in [5.74, 6) is 0.793. The van der Waals surface area contributed by atoms with Crippen LogP contribution < -0.4 is 25.4 Å². The first-order valence-electron chi connectivity index (χ1n) is 8.81. The molecule has 2 aromatic carbocycles. The smallest absolute Gasteiger partial charge is 0.319 e. The average Bonchev–Trinajstić information content (AvgIpc) is 2.68. The van der Waals surface area contributed by atoms with Gasteiger partial charge in [0, 0.05) is 11.4 Å². The van der Waals surface area contributed by atoms with Crippen molar-refractivity contribution in [1.29, 1.82) is 0 Å². The number of carbonyl (C=O) groups is 2. The minimum Gasteiger partial charge on any atom is -0.493 e. The van der Waals surface area contributed by atoms with Gasteiger partial charge < -0.3 is 25.4 Å². The monoisotopic (exact) mass is 381 g/mol. The number of urea groups is 1. The molecule has 1 unspecified atom stereocenters. The number of rotatable bonds is 5. The van der Waals surface area contributed by atoms with E-state index >= 15 is 0 Å². The van der Waals surface area contributed by atoms with Crippen molar-refractivity contribution in [3.8, 4) is 11.5 Å². The number of ether oxygens (including phenoxy) is 2. The van der Waals surface area contributed by atoms with Crippen LogP contribution in [0.3, 0.4) is 0 Å². The van der Waals surface area contributed by atoms with E-state index in [0.717, 1.165) is 11.3 Å². The molecule has 0 saturated heterocycles. The Morgan fingerprint density at radius 3 is 2.43 bits per heavy atom. The number of aryl methyl sites for hydroxylation is 1. The van der Waals surface area contributed by atoms with E-state index in [-0.39, 0.29) is 11.9 Å². The maximum absolute atomic E-state index is 13.1. The Morgan fingerprint density at radius 2 is 1.75 bits per heavy atom. The van der Waals surface area contributed by atoms with Crippen LogP contribution in [0.4, 0.5) is 10.5 Å². The number of methoxy groups -OCH3 is 2. The molecule has 0 saturated carbocycles. The number of carbonyl (C=O) groups excluding carboxylic acids is 2. The minimum atomic E-state index is -0.627. The molecule has 2 aromatic rings. The van der Waals surface area contributed by atoms with Crippen molar-refractivity contribution in [2.75, 3.05) is 19.5 Å². The van der Waals surface area contributed by atoms with Gasteiger partial charge in [0.05, 0.1) is 25.8 Å². The third-order valence-electron chi connectivity index (χ3n) is 4.65. The summed E-state index contributed by atoms with van der Waals surface area (Å²) < 4.78 is 10.6. The number of hydrogen-bond donors (Lipinski definition) is 3. The molecule has 146 valence electrons. The van der Waals surface area contributed by atoms with Crippen LogP contribution in [0.15, 0.2) is 53.7 Å². The van der Waals surface area contributed by atoms with Gasteiger partial charge in [-0.25, -0.2) is 4.79 Å². The summed E-state index contributed by atoms with van der Waals surface area (Å²) in [5.41, 5.74) is 3.30. The van der Waals surface area contributed by atoms with Gasteiger partial charge in [-0.1, -0.05) is 24.3 Å². The SMILES string of the molecule is COc1ccc(C2NC(=O)NC(C)=C2C(=O)Nc2ccccc2C)cc1OC. The summed E-state index contributed by atoms with van der Waals surface area (Å²) in [6.45, 7) is 3.63. The van der Waals surface area contributed by atoms with Gasteiger partial charge >= 0.3 is 6.03 Å². The van der Waals surface area contributed by atoms with E-state index in [1.165, 1.54) is 7.11 Å². The Labute approximate surface area is 163 Å². The topological polar surface area (TPSA) is 88.7 Å². The molecule has 0 spiro atoms. The molecule has 0 bridgehead atoms. The first kappa shape index (κ1) is 19.3. The van der Waals surface area contributed by atoms with E-state index in [4.69, 9.17) is 9.47 Å². The second kappa shape index (κ2) is 8.04. The van der Waals surface area contributed by atoms with Crippen LogP contribution >= 0.6 is 0 Å². The van der Waals surface area contributed by atoms with E-state index in [9.17, 15) is 9.59 Å². The third-order valence-corrected chi connectivity index (χ3v) is 4.65. The highest BCUT2D eigenvalue weighted by Gasteiger charge is 2.32. The molecule has 0 fully saturated rings. The van der Waals surface area contributed by atoms with Crippen LogP contribution in [-0.2, 0) is 4.79 Å². The molecular weight excluding hydrogens is 358 g/mol. The lowest BCUT2D eigenvalue weighted by molar-refractivity contribution is -0.113. The van der Waals surface area contributed by atoms with Crippen LogP contribution in [0.5, 0.6) is 11.5 Å². The molecule has 1 heterocycles. The lowest BCUT2D eigenvalue weighted by atomic mass is 9.94. The van der Waals surface area contributed by atoms with Crippen molar-refractivity contribution < 1.29 is 19.1 Å². The summed E-state index contributed by atoms with van der Waals surface area (Å²) >= 11 is 0. The average molecular weight is 381 g/mol. The highest BCUT2D eigenvalue weighted by molar-refractivity contribution is 6.07. The number of amides is 3. The van der Waals surface area contributed by atoms with Crippen LogP contribution in [0, 0.1) is 6.92 Å². The van der Waals surface area contributed by atoms with Gasteiger partial charge in [0.2, 0.25) is 0 Å². The van der Waals surface area contributed by atoms with Gasteiger partial charge in [-0.15, -0.1) is 0 Å². The van der Waals surface area contributed by atoms with Crippen LogP contribution in [-0.4, -0.2) is 26.2 Å². The van der Waals surface area contributed by atoms with Gasteiger partial charge in [-0.3, -0.25) is 4.79 Å². The fourth-order valence-electron chi connectivity index (χ4n) is 3.18. The fourth-order valence-corrected chi connectivity index (χ4v) is 3.18. The predicted molar refractivity (Wildman–Crippen MR) is 106 cm³/mol. The molecule has 0 aromatic heterocycles. The Bertz CT molecular complexity index is 952. The van der Waals surface area contributed by atoms with Gasteiger partial charge in [0.1, 0.15) is 0 Å². The largest absolute Gasteiger partial charge is 0.493 e. The van der Waals surface area contributed by atoms with Crippen molar-refractivity contribution in [3.63, 3.8) is 0 Å². The first-order chi connectivity index (χ1) is 13.4. The molecule has 3 amide bonds. The predicted octanol–water partition coefficient (Wildman–Crippen LogP) is 3.28. The van der Waals surface area contributed by atoms with Crippen molar-refractivity contribution in [1.82, 2.24) is 10.6 Å². The quantitative estimate of drug-likeness (QED) is 0.742. The normalized spacial score (nSPS) is 16.1. The van der Waals surface area contributed by atoms with Gasteiger partial charge in [-0.05, 0) is 43.2 Å². The molecule has 3 N–H and O–H groups in total.